The number of aliphatic hydroxyl groups excluding tert-OH is 1. The maximum atomic E-state index is 10.5. The molecule has 0 saturated carbocycles. The van der Waals surface area contributed by atoms with Crippen LogP contribution in [0.4, 0.5) is 0 Å². The number of fused-ring (bicyclic) bond motifs is 2. The van der Waals surface area contributed by atoms with Gasteiger partial charge in [-0.15, -0.1) is 0 Å². The smallest absolute Gasteiger partial charge is 0.128 e. The van der Waals surface area contributed by atoms with E-state index >= 15 is 0 Å². The number of nitrogens with zero attached hydrogens (tertiary/aromatic N) is 2. The Balaban J connectivity index is 1.78. The third-order valence-electron chi connectivity index (χ3n) is 4.21. The fourth-order valence-corrected chi connectivity index (χ4v) is 2.98. The molecule has 4 nitrogen and oxygen atoms in total. The van der Waals surface area contributed by atoms with Crippen LogP contribution in [0.2, 0.25) is 0 Å². The molecule has 1 aliphatic rings. The number of benzene rings is 1. The molecular weight excluding hydrogens is 276 g/mol. The van der Waals surface area contributed by atoms with Crippen molar-refractivity contribution in [2.24, 2.45) is 0 Å². The summed E-state index contributed by atoms with van der Waals surface area (Å²) in [5.41, 5.74) is 3.28. The third kappa shape index (κ3) is 3.18. The highest BCUT2D eigenvalue weighted by Gasteiger charge is 2.19. The zero-order chi connectivity index (χ0) is 15.5. The summed E-state index contributed by atoms with van der Waals surface area (Å²) in [4.78, 5) is 2.15. The van der Waals surface area contributed by atoms with Crippen LogP contribution in [-0.2, 0) is 13.2 Å². The topological polar surface area (TPSA) is 37.6 Å². The fraction of sp³-hybridized carbons (Fsp3) is 0.444. The number of hydrogen-bond donors (Lipinski definition) is 1. The molecule has 22 heavy (non-hydrogen) atoms. The molecule has 0 fully saturated rings. The van der Waals surface area contributed by atoms with E-state index in [1.54, 1.807) is 0 Å². The molecule has 1 aromatic carbocycles. The number of para-hydroxylation sites is 1. The first kappa shape index (κ1) is 15.1. The van der Waals surface area contributed by atoms with Crippen LogP contribution in [0.3, 0.4) is 0 Å². The lowest BCUT2D eigenvalue weighted by Crippen LogP contribution is -2.15. The van der Waals surface area contributed by atoms with Crippen LogP contribution in [0.5, 0.6) is 5.75 Å². The second-order valence-corrected chi connectivity index (χ2v) is 6.19. The Morgan fingerprint density at radius 2 is 2.05 bits per heavy atom. The minimum absolute atomic E-state index is 0.418. The van der Waals surface area contributed by atoms with E-state index in [9.17, 15) is 5.11 Å². The fourth-order valence-electron chi connectivity index (χ4n) is 2.98. The van der Waals surface area contributed by atoms with Crippen molar-refractivity contribution in [2.45, 2.75) is 32.1 Å². The minimum atomic E-state index is -0.418. The van der Waals surface area contributed by atoms with Crippen LogP contribution >= 0.6 is 0 Å². The quantitative estimate of drug-likeness (QED) is 0.922. The van der Waals surface area contributed by atoms with Crippen molar-refractivity contribution in [1.29, 1.82) is 0 Å². The Morgan fingerprint density at radius 3 is 2.86 bits per heavy atom. The summed E-state index contributed by atoms with van der Waals surface area (Å²) in [5, 5.41) is 10.5. The molecule has 1 aromatic heterocycles. The van der Waals surface area contributed by atoms with Gasteiger partial charge in [0, 0.05) is 11.3 Å². The molecule has 1 N–H and O–H groups in total. The van der Waals surface area contributed by atoms with E-state index in [1.807, 2.05) is 24.3 Å². The Bertz CT molecular complexity index is 634. The molecule has 2 heterocycles. The summed E-state index contributed by atoms with van der Waals surface area (Å²) in [6, 6.07) is 12.2. The Morgan fingerprint density at radius 1 is 1.23 bits per heavy atom. The molecule has 0 aliphatic carbocycles. The zero-order valence-electron chi connectivity index (χ0n) is 13.3. The number of ether oxygens (including phenoxy) is 1. The average Bonchev–Trinajstić information content (AvgIpc) is 2.80. The molecule has 118 valence electrons. The van der Waals surface area contributed by atoms with Gasteiger partial charge in [0.2, 0.25) is 0 Å². The number of aliphatic hydroxyl groups is 1. The average molecular weight is 300 g/mol. The highest BCUT2D eigenvalue weighted by molar-refractivity contribution is 5.36. The van der Waals surface area contributed by atoms with Gasteiger partial charge in [0.15, 0.2) is 0 Å². The Labute approximate surface area is 131 Å². The highest BCUT2D eigenvalue weighted by Crippen LogP contribution is 2.29. The van der Waals surface area contributed by atoms with Crippen molar-refractivity contribution >= 4 is 0 Å². The van der Waals surface area contributed by atoms with Crippen LogP contribution < -0.4 is 4.74 Å². The maximum absolute atomic E-state index is 10.5. The van der Waals surface area contributed by atoms with Gasteiger partial charge in [-0.2, -0.15) is 0 Å². The van der Waals surface area contributed by atoms with Gasteiger partial charge in [-0.1, -0.05) is 18.2 Å². The molecule has 0 amide bonds. The number of aromatic nitrogens is 1. The Hall–Kier alpha value is -1.78. The lowest BCUT2D eigenvalue weighted by Gasteiger charge is -2.17. The molecule has 0 saturated heterocycles. The van der Waals surface area contributed by atoms with Gasteiger partial charge >= 0.3 is 0 Å². The summed E-state index contributed by atoms with van der Waals surface area (Å²) in [5.74, 6) is 0.944. The summed E-state index contributed by atoms with van der Waals surface area (Å²) >= 11 is 0. The highest BCUT2D eigenvalue weighted by atomic mass is 16.5. The second kappa shape index (κ2) is 6.55. The van der Waals surface area contributed by atoms with Gasteiger partial charge in [-0.05, 0) is 51.7 Å². The predicted molar refractivity (Wildman–Crippen MR) is 87.1 cm³/mol. The molecule has 2 aromatic rings. The van der Waals surface area contributed by atoms with Gasteiger partial charge in [-0.25, -0.2) is 0 Å². The van der Waals surface area contributed by atoms with E-state index < -0.39 is 6.10 Å². The molecule has 1 unspecified atom stereocenters. The number of rotatable bonds is 5. The van der Waals surface area contributed by atoms with E-state index in [1.165, 1.54) is 5.56 Å². The first-order chi connectivity index (χ1) is 10.6. The summed E-state index contributed by atoms with van der Waals surface area (Å²) in [6.07, 6.45) is 1.35. The van der Waals surface area contributed by atoms with Crippen LogP contribution in [0.1, 0.15) is 35.9 Å². The standard InChI is InChI=1S/C18H24N2O2/c1-19(2)11-5-7-17(21)16-10-9-15-13-22-18-8-4-3-6-14(18)12-20(15)16/h3-4,6,8-10,17,21H,5,7,11-13H2,1-2H3. The van der Waals surface area contributed by atoms with Gasteiger partial charge < -0.3 is 19.3 Å². The molecule has 4 heteroatoms. The van der Waals surface area contributed by atoms with Crippen LogP contribution in [0.25, 0.3) is 0 Å². The molecule has 0 spiro atoms. The second-order valence-electron chi connectivity index (χ2n) is 6.19. The Kier molecular flexibility index (Phi) is 4.50. The normalized spacial score (nSPS) is 14.9. The minimum Gasteiger partial charge on any atom is -0.487 e. The lowest BCUT2D eigenvalue weighted by atomic mass is 10.1. The van der Waals surface area contributed by atoms with Crippen molar-refractivity contribution in [3.63, 3.8) is 0 Å². The zero-order valence-corrected chi connectivity index (χ0v) is 13.3. The van der Waals surface area contributed by atoms with Gasteiger partial charge in [0.25, 0.3) is 0 Å². The van der Waals surface area contributed by atoms with E-state index in [2.05, 4.69) is 35.7 Å². The van der Waals surface area contributed by atoms with Gasteiger partial charge in [0.05, 0.1) is 18.3 Å². The first-order valence-electron chi connectivity index (χ1n) is 7.87. The van der Waals surface area contributed by atoms with Crippen molar-refractivity contribution in [2.75, 3.05) is 20.6 Å². The molecule has 1 aliphatic heterocycles. The monoisotopic (exact) mass is 300 g/mol. The van der Waals surface area contributed by atoms with Crippen LogP contribution in [0.15, 0.2) is 36.4 Å². The van der Waals surface area contributed by atoms with E-state index in [0.29, 0.717) is 6.61 Å². The van der Waals surface area contributed by atoms with Crippen molar-refractivity contribution < 1.29 is 9.84 Å². The SMILES string of the molecule is CN(C)CCCC(O)c1ccc2n1Cc1ccccc1OC2. The van der Waals surface area contributed by atoms with Crippen LogP contribution in [-0.4, -0.2) is 35.2 Å². The summed E-state index contributed by atoms with van der Waals surface area (Å²) < 4.78 is 8.07. The lowest BCUT2D eigenvalue weighted by molar-refractivity contribution is 0.151. The van der Waals surface area contributed by atoms with Crippen molar-refractivity contribution in [3.8, 4) is 5.75 Å². The van der Waals surface area contributed by atoms with E-state index in [0.717, 1.165) is 43.1 Å². The van der Waals surface area contributed by atoms with Gasteiger partial charge in [0.1, 0.15) is 12.4 Å². The predicted octanol–water partition coefficient (Wildman–Crippen LogP) is 2.80. The van der Waals surface area contributed by atoms with E-state index in [-0.39, 0.29) is 0 Å². The number of hydrogen-bond acceptors (Lipinski definition) is 3. The van der Waals surface area contributed by atoms with Crippen molar-refractivity contribution in [3.05, 3.63) is 53.3 Å². The summed E-state index contributed by atoms with van der Waals surface area (Å²) in [6.45, 7) is 2.32. The van der Waals surface area contributed by atoms with Crippen molar-refractivity contribution in [1.82, 2.24) is 9.47 Å². The van der Waals surface area contributed by atoms with Crippen LogP contribution in [0, 0.1) is 0 Å². The molecule has 1 atom stereocenters. The first-order valence-corrected chi connectivity index (χ1v) is 7.87. The van der Waals surface area contributed by atoms with E-state index in [4.69, 9.17) is 4.74 Å². The molecule has 0 radical (unpaired) electrons. The molecular formula is C18H24N2O2. The molecule has 3 rings (SSSR count). The van der Waals surface area contributed by atoms with Gasteiger partial charge in [-0.3, -0.25) is 0 Å². The maximum Gasteiger partial charge on any atom is 0.128 e. The largest absolute Gasteiger partial charge is 0.487 e. The summed E-state index contributed by atoms with van der Waals surface area (Å²) in [7, 11) is 4.12. The molecule has 0 bridgehead atoms. The third-order valence-corrected chi connectivity index (χ3v) is 4.21.